The standard InChI is InChI=1S/C23H27F2N3O5S/c24-19-10-14(11-20(19)25)9-18(15-1-3-16(4-2-15)34(31,32)17-5-6-17)23(30)28-21-12-27-22(13-26-21)33-8-7-29/h1-4,12-14,17-20,29H,5-11H2,(H,26,28,30)/t14?,18-,19?,20?/m1/s1. The van der Waals surface area contributed by atoms with E-state index in [1.54, 1.807) is 12.1 Å². The summed E-state index contributed by atoms with van der Waals surface area (Å²) in [6, 6.07) is 6.15. The molecule has 4 rings (SSSR count). The summed E-state index contributed by atoms with van der Waals surface area (Å²) < 4.78 is 57.7. The Bertz CT molecular complexity index is 1080. The van der Waals surface area contributed by atoms with Gasteiger partial charge in [0.25, 0.3) is 0 Å². The highest BCUT2D eigenvalue weighted by Crippen LogP contribution is 2.39. The molecule has 0 spiro atoms. The molecule has 1 amide bonds. The Hall–Kier alpha value is -2.66. The number of alkyl halides is 2. The number of nitrogens with zero attached hydrogens (tertiary/aromatic N) is 2. The maximum Gasteiger partial charge on any atom is 0.233 e. The van der Waals surface area contributed by atoms with Crippen LogP contribution < -0.4 is 10.1 Å². The van der Waals surface area contributed by atoms with E-state index in [4.69, 9.17) is 9.84 Å². The topological polar surface area (TPSA) is 118 Å². The third-order valence-electron chi connectivity index (χ3n) is 6.19. The lowest BCUT2D eigenvalue weighted by Crippen LogP contribution is -2.24. The van der Waals surface area contributed by atoms with Crippen LogP contribution in [-0.2, 0) is 14.6 Å². The number of aromatic nitrogens is 2. The molecule has 2 saturated carbocycles. The third-order valence-corrected chi connectivity index (χ3v) is 8.47. The minimum Gasteiger partial charge on any atom is -0.474 e. The van der Waals surface area contributed by atoms with Crippen molar-refractivity contribution in [3.63, 3.8) is 0 Å². The number of aliphatic hydroxyl groups excluding tert-OH is 1. The van der Waals surface area contributed by atoms with Gasteiger partial charge in [-0.1, -0.05) is 12.1 Å². The molecule has 0 bridgehead atoms. The Labute approximate surface area is 196 Å². The highest BCUT2D eigenvalue weighted by atomic mass is 32.2. The molecular weight excluding hydrogens is 468 g/mol. The molecule has 1 aromatic carbocycles. The minimum absolute atomic E-state index is 0.0375. The molecular formula is C23H27F2N3O5S. The summed E-state index contributed by atoms with van der Waals surface area (Å²) in [4.78, 5) is 21.5. The van der Waals surface area contributed by atoms with Gasteiger partial charge in [-0.15, -0.1) is 0 Å². The zero-order valence-corrected chi connectivity index (χ0v) is 19.3. The number of hydrogen-bond donors (Lipinski definition) is 2. The maximum atomic E-state index is 13.8. The Kier molecular flexibility index (Phi) is 7.42. The van der Waals surface area contributed by atoms with Gasteiger partial charge in [0.1, 0.15) is 19.0 Å². The molecule has 2 N–H and O–H groups in total. The van der Waals surface area contributed by atoms with Crippen LogP contribution in [-0.4, -0.2) is 60.2 Å². The molecule has 34 heavy (non-hydrogen) atoms. The number of rotatable bonds is 10. The summed E-state index contributed by atoms with van der Waals surface area (Å²) >= 11 is 0. The van der Waals surface area contributed by atoms with E-state index in [1.807, 2.05) is 0 Å². The molecule has 8 nitrogen and oxygen atoms in total. The molecule has 2 aliphatic carbocycles. The molecule has 2 aliphatic rings. The number of amides is 1. The summed E-state index contributed by atoms with van der Waals surface area (Å²) in [7, 11) is -3.37. The van der Waals surface area contributed by atoms with E-state index in [0.29, 0.717) is 18.4 Å². The lowest BCUT2D eigenvalue weighted by Gasteiger charge is -2.20. The molecule has 11 heteroatoms. The fourth-order valence-corrected chi connectivity index (χ4v) is 5.89. The molecule has 1 aromatic heterocycles. The van der Waals surface area contributed by atoms with E-state index < -0.39 is 34.0 Å². The van der Waals surface area contributed by atoms with E-state index in [0.717, 1.165) is 0 Å². The van der Waals surface area contributed by atoms with Crippen LogP contribution in [0.25, 0.3) is 0 Å². The summed E-state index contributed by atoms with van der Waals surface area (Å²) in [5.74, 6) is -1.17. The van der Waals surface area contributed by atoms with Crippen LogP contribution in [0.3, 0.4) is 0 Å². The summed E-state index contributed by atoms with van der Waals surface area (Å²) in [6.07, 6.45) is 1.10. The first-order chi connectivity index (χ1) is 16.3. The number of sulfone groups is 1. The number of carbonyl (C=O) groups is 1. The Morgan fingerprint density at radius 3 is 2.35 bits per heavy atom. The fraction of sp³-hybridized carbons (Fsp3) is 0.522. The zero-order chi connectivity index (χ0) is 24.3. The van der Waals surface area contributed by atoms with Crippen molar-refractivity contribution in [1.82, 2.24) is 9.97 Å². The van der Waals surface area contributed by atoms with Crippen molar-refractivity contribution in [2.24, 2.45) is 5.92 Å². The first kappa shape index (κ1) is 24.5. The van der Waals surface area contributed by atoms with E-state index in [-0.39, 0.29) is 60.2 Å². The fourth-order valence-electron chi connectivity index (χ4n) is 4.23. The van der Waals surface area contributed by atoms with Crippen molar-refractivity contribution in [1.29, 1.82) is 0 Å². The van der Waals surface area contributed by atoms with E-state index >= 15 is 0 Å². The molecule has 1 heterocycles. The number of aliphatic hydroxyl groups is 1. The second-order valence-electron chi connectivity index (χ2n) is 8.77. The Morgan fingerprint density at radius 2 is 1.79 bits per heavy atom. The van der Waals surface area contributed by atoms with Gasteiger partial charge in [0.2, 0.25) is 11.8 Å². The number of halogens is 2. The number of hydrogen-bond acceptors (Lipinski definition) is 7. The SMILES string of the molecule is O=C(Nc1cnc(OCCO)cn1)[C@H](CC1CC(F)C(F)C1)c1ccc(S(=O)(=O)C2CC2)cc1. The van der Waals surface area contributed by atoms with Crippen LogP contribution in [0.2, 0.25) is 0 Å². The highest BCUT2D eigenvalue weighted by Gasteiger charge is 2.38. The van der Waals surface area contributed by atoms with E-state index in [1.165, 1.54) is 24.5 Å². The lowest BCUT2D eigenvalue weighted by atomic mass is 9.87. The predicted molar refractivity (Wildman–Crippen MR) is 120 cm³/mol. The molecule has 0 saturated heterocycles. The van der Waals surface area contributed by atoms with Gasteiger partial charge >= 0.3 is 0 Å². The van der Waals surface area contributed by atoms with Gasteiger partial charge in [0.05, 0.1) is 35.1 Å². The number of carbonyl (C=O) groups excluding carboxylic acids is 1. The van der Waals surface area contributed by atoms with Crippen LogP contribution in [0.4, 0.5) is 14.6 Å². The van der Waals surface area contributed by atoms with Crippen LogP contribution in [0.1, 0.15) is 43.6 Å². The van der Waals surface area contributed by atoms with Gasteiger partial charge in [-0.25, -0.2) is 27.2 Å². The highest BCUT2D eigenvalue weighted by molar-refractivity contribution is 7.92. The molecule has 0 radical (unpaired) electrons. The van der Waals surface area contributed by atoms with Crippen molar-refractivity contribution in [3.05, 3.63) is 42.2 Å². The van der Waals surface area contributed by atoms with Gasteiger partial charge < -0.3 is 15.2 Å². The molecule has 184 valence electrons. The summed E-state index contributed by atoms with van der Waals surface area (Å²) in [5.41, 5.74) is 0.556. The van der Waals surface area contributed by atoms with Gasteiger partial charge in [-0.05, 0) is 55.7 Å². The molecule has 0 aliphatic heterocycles. The van der Waals surface area contributed by atoms with Gasteiger partial charge in [0, 0.05) is 0 Å². The van der Waals surface area contributed by atoms with Crippen LogP contribution in [0.15, 0.2) is 41.6 Å². The van der Waals surface area contributed by atoms with Crippen molar-refractivity contribution >= 4 is 21.6 Å². The summed E-state index contributed by atoms with van der Waals surface area (Å²) in [5, 5.41) is 11.1. The molecule has 2 fully saturated rings. The van der Waals surface area contributed by atoms with E-state index in [2.05, 4.69) is 15.3 Å². The minimum atomic E-state index is -3.37. The normalized spacial score (nSPS) is 23.4. The maximum absolute atomic E-state index is 13.8. The average molecular weight is 496 g/mol. The van der Waals surface area contributed by atoms with Crippen LogP contribution >= 0.6 is 0 Å². The quantitative estimate of drug-likeness (QED) is 0.520. The molecule has 2 unspecified atom stereocenters. The predicted octanol–water partition coefficient (Wildman–Crippen LogP) is 2.98. The first-order valence-corrected chi connectivity index (χ1v) is 12.8. The van der Waals surface area contributed by atoms with E-state index in [9.17, 15) is 22.0 Å². The van der Waals surface area contributed by atoms with Gasteiger partial charge in [-0.2, -0.15) is 0 Å². The average Bonchev–Trinajstić information content (AvgIpc) is 3.63. The van der Waals surface area contributed by atoms with Gasteiger partial charge in [-0.3, -0.25) is 4.79 Å². The van der Waals surface area contributed by atoms with Crippen molar-refractivity contribution in [2.45, 2.75) is 60.5 Å². The smallest absolute Gasteiger partial charge is 0.233 e. The second kappa shape index (κ2) is 10.3. The Balaban J connectivity index is 1.52. The van der Waals surface area contributed by atoms with Crippen molar-refractivity contribution in [2.75, 3.05) is 18.5 Å². The summed E-state index contributed by atoms with van der Waals surface area (Å²) in [6.45, 7) is -0.120. The molecule has 3 atom stereocenters. The van der Waals surface area contributed by atoms with Crippen LogP contribution in [0, 0.1) is 5.92 Å². The number of anilines is 1. The van der Waals surface area contributed by atoms with Gasteiger partial charge in [0.15, 0.2) is 15.7 Å². The second-order valence-corrected chi connectivity index (χ2v) is 11.0. The monoisotopic (exact) mass is 495 g/mol. The number of ether oxygens (including phenoxy) is 1. The van der Waals surface area contributed by atoms with Crippen molar-refractivity contribution < 1.29 is 31.8 Å². The van der Waals surface area contributed by atoms with Crippen molar-refractivity contribution in [3.8, 4) is 5.88 Å². The molecule has 2 aromatic rings. The lowest BCUT2D eigenvalue weighted by molar-refractivity contribution is -0.118. The Morgan fingerprint density at radius 1 is 1.12 bits per heavy atom. The van der Waals surface area contributed by atoms with Crippen LogP contribution in [0.5, 0.6) is 5.88 Å². The zero-order valence-electron chi connectivity index (χ0n) is 18.4. The largest absolute Gasteiger partial charge is 0.474 e. The number of benzene rings is 1. The first-order valence-electron chi connectivity index (χ1n) is 11.3. The third kappa shape index (κ3) is 5.69. The number of nitrogens with one attached hydrogen (secondary N) is 1.